The average Bonchev–Trinajstić information content (AvgIpc) is 1.21. The number of carbonyl (C=O) groups is 1. The molecule has 0 radical (unpaired) electrons. The van der Waals surface area contributed by atoms with E-state index >= 15 is 0 Å². The van der Waals surface area contributed by atoms with Crippen LogP contribution in [0.5, 0.6) is 0 Å². The van der Waals surface area contributed by atoms with Crippen LogP contribution in [0, 0.1) is 0 Å². The first kappa shape index (κ1) is 12.7. The first-order chi connectivity index (χ1) is 3.42. The number of rotatable bonds is 2. The minimum Gasteiger partial charge on any atom is -1.00 e. The first-order valence-electron chi connectivity index (χ1n) is 1.65. The summed E-state index contributed by atoms with van der Waals surface area (Å²) >= 11 is 0. The van der Waals surface area contributed by atoms with Gasteiger partial charge in [0.25, 0.3) is 10.1 Å². The summed E-state index contributed by atoms with van der Waals surface area (Å²) in [6.07, 6.45) is 0. The zero-order valence-corrected chi connectivity index (χ0v) is 8.80. The number of carbonyl (C=O) groups excluding carboxylic acids is 1. The first-order valence-corrected chi connectivity index (χ1v) is 3.26. The molecule has 0 aliphatic rings. The molecular formula is C2H6KNO4S. The Morgan fingerprint density at radius 1 is 1.67 bits per heavy atom. The van der Waals surface area contributed by atoms with Gasteiger partial charge in [0.15, 0.2) is 5.75 Å². The van der Waals surface area contributed by atoms with Crippen LogP contribution < -0.4 is 57.1 Å². The summed E-state index contributed by atoms with van der Waals surface area (Å²) < 4.78 is 27.3. The Labute approximate surface area is 96.6 Å². The molecule has 7 heteroatoms. The van der Waals surface area contributed by atoms with Gasteiger partial charge >= 0.3 is 51.4 Å². The van der Waals surface area contributed by atoms with Crippen LogP contribution >= 0.6 is 0 Å². The van der Waals surface area contributed by atoms with Gasteiger partial charge in [-0.05, 0) is 0 Å². The van der Waals surface area contributed by atoms with E-state index in [4.69, 9.17) is 4.55 Å². The Kier molecular flexibility index (Phi) is 6.72. The van der Waals surface area contributed by atoms with Crippen LogP contribution in [0.1, 0.15) is 1.43 Å². The van der Waals surface area contributed by atoms with E-state index in [1.807, 2.05) is 0 Å². The summed E-state index contributed by atoms with van der Waals surface area (Å²) in [5.74, 6) is -2.07. The van der Waals surface area contributed by atoms with Crippen LogP contribution in [0.4, 0.5) is 0 Å². The predicted octanol–water partition coefficient (Wildman–Crippen LogP) is -4.52. The molecule has 0 aromatic carbocycles. The van der Waals surface area contributed by atoms with E-state index in [9.17, 15) is 13.2 Å². The summed E-state index contributed by atoms with van der Waals surface area (Å²) in [7, 11) is -4.20. The molecule has 9 heavy (non-hydrogen) atoms. The molecule has 0 saturated carbocycles. The smallest absolute Gasteiger partial charge is 1.00 e. The largest absolute Gasteiger partial charge is 1.00 e. The van der Waals surface area contributed by atoms with Gasteiger partial charge in [0.2, 0.25) is 5.91 Å². The van der Waals surface area contributed by atoms with Gasteiger partial charge in [-0.1, -0.05) is 0 Å². The van der Waals surface area contributed by atoms with Crippen molar-refractivity contribution in [3.63, 3.8) is 0 Å². The Balaban J connectivity index is -0.000000245. The molecule has 0 aliphatic heterocycles. The number of amides is 1. The maximum atomic E-state index is 9.70. The Bertz CT molecular complexity index is 189. The van der Waals surface area contributed by atoms with Crippen LogP contribution in [0.2, 0.25) is 0 Å². The molecule has 5 nitrogen and oxygen atoms in total. The van der Waals surface area contributed by atoms with Crippen molar-refractivity contribution >= 4 is 16.0 Å². The van der Waals surface area contributed by atoms with Gasteiger partial charge in [0.1, 0.15) is 0 Å². The molecule has 0 fully saturated rings. The Morgan fingerprint density at radius 2 is 2.00 bits per heavy atom. The average molecular weight is 179 g/mol. The minimum atomic E-state index is -4.20. The van der Waals surface area contributed by atoms with Gasteiger partial charge in [0.05, 0.1) is 0 Å². The minimum absolute atomic E-state index is 0. The van der Waals surface area contributed by atoms with Crippen molar-refractivity contribution in [1.82, 2.24) is 0 Å². The zero-order valence-electron chi connectivity index (χ0n) is 5.86. The molecule has 0 heterocycles. The summed E-state index contributed by atoms with van der Waals surface area (Å²) in [6, 6.07) is 0. The number of hydrogen-bond acceptors (Lipinski definition) is 3. The van der Waals surface area contributed by atoms with Crippen LogP contribution in [0.3, 0.4) is 0 Å². The van der Waals surface area contributed by atoms with E-state index < -0.39 is 21.8 Å². The van der Waals surface area contributed by atoms with Crippen molar-refractivity contribution in [2.45, 2.75) is 0 Å². The fraction of sp³-hybridized carbons (Fsp3) is 0.500. The summed E-state index contributed by atoms with van der Waals surface area (Å²) in [4.78, 5) is 9.70. The Hall–Kier alpha value is 1.02. The quantitative estimate of drug-likeness (QED) is 0.329. The monoisotopic (exact) mass is 179 g/mol. The molecule has 0 unspecified atom stereocenters. The SMILES string of the molecule is NC(=O)CS(=O)(=O)O.[H-].[K+]. The third-order valence-electron chi connectivity index (χ3n) is 0.325. The summed E-state index contributed by atoms with van der Waals surface area (Å²) in [5.41, 5.74) is 4.40. The van der Waals surface area contributed by atoms with Gasteiger partial charge in [-0.25, -0.2) is 0 Å². The molecule has 0 rings (SSSR count). The molecule has 0 bridgehead atoms. The molecule has 0 spiro atoms. The van der Waals surface area contributed by atoms with Crippen molar-refractivity contribution in [2.75, 3.05) is 5.75 Å². The summed E-state index contributed by atoms with van der Waals surface area (Å²) in [6.45, 7) is 0. The van der Waals surface area contributed by atoms with E-state index in [2.05, 4.69) is 5.73 Å². The van der Waals surface area contributed by atoms with Crippen LogP contribution in [0.25, 0.3) is 0 Å². The fourth-order valence-corrected chi connectivity index (χ4v) is 0.539. The third kappa shape index (κ3) is 12.3. The molecule has 0 atom stereocenters. The third-order valence-corrected chi connectivity index (χ3v) is 0.974. The van der Waals surface area contributed by atoms with Crippen LogP contribution in [-0.4, -0.2) is 24.6 Å². The van der Waals surface area contributed by atoms with Crippen LogP contribution in [-0.2, 0) is 14.9 Å². The molecule has 1 amide bonds. The van der Waals surface area contributed by atoms with E-state index in [0.717, 1.165) is 0 Å². The van der Waals surface area contributed by atoms with Crippen molar-refractivity contribution < 1.29 is 70.6 Å². The van der Waals surface area contributed by atoms with Gasteiger partial charge in [-0.3, -0.25) is 9.35 Å². The van der Waals surface area contributed by atoms with Crippen molar-refractivity contribution in [1.29, 1.82) is 0 Å². The number of hydrogen-bond donors (Lipinski definition) is 2. The maximum Gasteiger partial charge on any atom is 1.00 e. The number of primary amides is 1. The summed E-state index contributed by atoms with van der Waals surface area (Å²) in [5, 5.41) is 0. The molecule has 0 saturated heterocycles. The van der Waals surface area contributed by atoms with Crippen LogP contribution in [0.15, 0.2) is 0 Å². The fourth-order valence-electron chi connectivity index (χ4n) is 0.180. The standard InChI is InChI=1S/C2H5NO4S.K.H/c3-2(4)1-8(5,6)7;;/h1H2,(H2,3,4)(H,5,6,7);;/q;+1;-1. The molecule has 0 aromatic rings. The van der Waals surface area contributed by atoms with Crippen molar-refractivity contribution in [2.24, 2.45) is 5.73 Å². The normalized spacial score (nSPS) is 9.89. The van der Waals surface area contributed by atoms with E-state index in [1.165, 1.54) is 0 Å². The number of nitrogens with two attached hydrogens (primary N) is 1. The molecule has 0 aromatic heterocycles. The molecule has 0 aliphatic carbocycles. The Morgan fingerprint density at radius 3 is 2.00 bits per heavy atom. The second-order valence-corrected chi connectivity index (χ2v) is 2.65. The molecule has 3 N–H and O–H groups in total. The zero-order chi connectivity index (χ0) is 6.78. The topological polar surface area (TPSA) is 97.5 Å². The van der Waals surface area contributed by atoms with Gasteiger partial charge < -0.3 is 7.16 Å². The van der Waals surface area contributed by atoms with Gasteiger partial charge in [-0.2, -0.15) is 8.42 Å². The second-order valence-electron chi connectivity index (χ2n) is 1.19. The molecule has 50 valence electrons. The van der Waals surface area contributed by atoms with E-state index in [1.54, 1.807) is 0 Å². The maximum absolute atomic E-state index is 9.70. The van der Waals surface area contributed by atoms with Gasteiger partial charge in [0, 0.05) is 0 Å². The second kappa shape index (κ2) is 4.77. The van der Waals surface area contributed by atoms with Crippen molar-refractivity contribution in [3.8, 4) is 0 Å². The predicted molar refractivity (Wildman–Crippen MR) is 26.7 cm³/mol. The van der Waals surface area contributed by atoms with E-state index in [-0.39, 0.29) is 52.8 Å². The van der Waals surface area contributed by atoms with Crippen molar-refractivity contribution in [3.05, 3.63) is 0 Å². The molecular weight excluding hydrogens is 173 g/mol. The van der Waals surface area contributed by atoms with E-state index in [0.29, 0.717) is 0 Å². The van der Waals surface area contributed by atoms with Gasteiger partial charge in [-0.15, -0.1) is 0 Å².